The van der Waals surface area contributed by atoms with Crippen molar-refractivity contribution < 1.29 is 9.90 Å². The quantitative estimate of drug-likeness (QED) is 0.528. The van der Waals surface area contributed by atoms with Gasteiger partial charge in [-0.3, -0.25) is 0 Å². The Morgan fingerprint density at radius 1 is 1.62 bits per heavy atom. The Balaban J connectivity index is 3.50. The van der Waals surface area contributed by atoms with Crippen molar-refractivity contribution in [2.24, 2.45) is 10.2 Å². The number of azo groups is 1. The predicted octanol–water partition coefficient (Wildman–Crippen LogP) is 1.53. The fourth-order valence-corrected chi connectivity index (χ4v) is 0.165. The summed E-state index contributed by atoms with van der Waals surface area (Å²) in [4.78, 5) is 9.64. The summed E-state index contributed by atoms with van der Waals surface area (Å²) in [5.74, 6) is 0. The third-order valence-corrected chi connectivity index (χ3v) is 0.374. The third-order valence-electron chi connectivity index (χ3n) is 0.374. The van der Waals surface area contributed by atoms with Gasteiger partial charge in [0.2, 0.25) is 0 Å². The summed E-state index contributed by atoms with van der Waals surface area (Å²) in [6.07, 6.45) is -1.24. The molecular weight excluding hydrogens is 108 g/mol. The summed E-state index contributed by atoms with van der Waals surface area (Å²) in [7, 11) is 0. The van der Waals surface area contributed by atoms with Crippen LogP contribution in [0.5, 0.6) is 0 Å². The normalized spacial score (nSPS) is 10.9. The molecule has 0 aromatic rings. The van der Waals surface area contributed by atoms with Crippen LogP contribution in [0.1, 0.15) is 13.8 Å². The highest BCUT2D eigenvalue weighted by molar-refractivity contribution is 5.64. The van der Waals surface area contributed by atoms with Crippen molar-refractivity contribution in [3.63, 3.8) is 0 Å². The molecule has 0 aliphatic carbocycles. The minimum atomic E-state index is -1.24. The second-order valence-electron chi connectivity index (χ2n) is 1.59. The molecule has 0 heterocycles. The van der Waals surface area contributed by atoms with Gasteiger partial charge in [-0.05, 0) is 13.8 Å². The molecule has 0 aliphatic rings. The molecule has 0 aliphatic heterocycles. The van der Waals surface area contributed by atoms with E-state index in [2.05, 4.69) is 10.2 Å². The van der Waals surface area contributed by atoms with Crippen LogP contribution in [-0.4, -0.2) is 17.2 Å². The predicted molar refractivity (Wildman–Crippen MR) is 28.0 cm³/mol. The van der Waals surface area contributed by atoms with E-state index in [1.807, 2.05) is 0 Å². The van der Waals surface area contributed by atoms with Gasteiger partial charge in [0.05, 0.1) is 6.04 Å². The van der Waals surface area contributed by atoms with Gasteiger partial charge in [-0.1, -0.05) is 5.11 Å². The molecule has 0 radical (unpaired) electrons. The second kappa shape index (κ2) is 3.12. The van der Waals surface area contributed by atoms with Crippen LogP contribution in [0.4, 0.5) is 4.79 Å². The van der Waals surface area contributed by atoms with Crippen LogP contribution in [-0.2, 0) is 0 Å². The van der Waals surface area contributed by atoms with Crippen LogP contribution in [0.3, 0.4) is 0 Å². The lowest BCUT2D eigenvalue weighted by molar-refractivity contribution is 0.203. The number of carbonyl (C=O) groups is 1. The largest absolute Gasteiger partial charge is 0.462 e. The van der Waals surface area contributed by atoms with E-state index in [1.165, 1.54) is 0 Å². The van der Waals surface area contributed by atoms with Gasteiger partial charge in [0, 0.05) is 0 Å². The van der Waals surface area contributed by atoms with Gasteiger partial charge in [0.1, 0.15) is 0 Å². The summed E-state index contributed by atoms with van der Waals surface area (Å²) >= 11 is 0. The molecule has 0 spiro atoms. The fraction of sp³-hybridized carbons (Fsp3) is 0.750. The van der Waals surface area contributed by atoms with Crippen LogP contribution >= 0.6 is 0 Å². The monoisotopic (exact) mass is 116 g/mol. The third kappa shape index (κ3) is 5.07. The number of hydrogen-bond acceptors (Lipinski definition) is 2. The lowest BCUT2D eigenvalue weighted by Crippen LogP contribution is -1.89. The van der Waals surface area contributed by atoms with E-state index in [9.17, 15) is 4.79 Å². The Kier molecular flexibility index (Phi) is 2.76. The fourth-order valence-electron chi connectivity index (χ4n) is 0.165. The lowest BCUT2D eigenvalue weighted by atomic mass is 10.4. The van der Waals surface area contributed by atoms with Crippen molar-refractivity contribution in [3.05, 3.63) is 0 Å². The molecule has 4 heteroatoms. The molecule has 0 bridgehead atoms. The van der Waals surface area contributed by atoms with Crippen LogP contribution < -0.4 is 0 Å². The molecule has 0 saturated carbocycles. The van der Waals surface area contributed by atoms with Gasteiger partial charge in [-0.2, -0.15) is 5.11 Å². The van der Waals surface area contributed by atoms with Crippen molar-refractivity contribution in [2.75, 3.05) is 0 Å². The molecule has 46 valence electrons. The number of nitrogens with zero attached hydrogens (tertiary/aromatic N) is 2. The van der Waals surface area contributed by atoms with Crippen LogP contribution in [0.25, 0.3) is 0 Å². The average Bonchev–Trinajstić information content (AvgIpc) is 1.61. The van der Waals surface area contributed by atoms with Crippen LogP contribution in [0, 0.1) is 0 Å². The molecule has 1 N–H and O–H groups in total. The Hall–Kier alpha value is -0.930. The first-order valence-corrected chi connectivity index (χ1v) is 2.26. The molecule has 0 saturated heterocycles. The highest BCUT2D eigenvalue weighted by Gasteiger charge is 1.88. The first kappa shape index (κ1) is 7.07. The SMILES string of the molecule is CC(C)N=NC(=O)O. The zero-order valence-corrected chi connectivity index (χ0v) is 4.83. The second-order valence-corrected chi connectivity index (χ2v) is 1.59. The summed E-state index contributed by atoms with van der Waals surface area (Å²) < 4.78 is 0. The minimum absolute atomic E-state index is 0.0360. The van der Waals surface area contributed by atoms with Crippen molar-refractivity contribution in [2.45, 2.75) is 19.9 Å². The van der Waals surface area contributed by atoms with E-state index < -0.39 is 6.09 Å². The molecule has 0 rings (SSSR count). The molecule has 1 amide bonds. The van der Waals surface area contributed by atoms with Gasteiger partial charge in [-0.15, -0.1) is 0 Å². The summed E-state index contributed by atoms with van der Waals surface area (Å²) in [5, 5.41) is 14.1. The van der Waals surface area contributed by atoms with E-state index in [4.69, 9.17) is 5.11 Å². The molecule has 4 nitrogen and oxygen atoms in total. The summed E-state index contributed by atoms with van der Waals surface area (Å²) in [5.41, 5.74) is 0. The summed E-state index contributed by atoms with van der Waals surface area (Å²) in [6, 6.07) is -0.0360. The number of amides is 1. The molecule has 0 fully saturated rings. The standard InChI is InChI=1S/C4H8N2O2/c1-3(2)5-6-4(7)8/h3H,1-2H3,(H,7,8). The Morgan fingerprint density at radius 2 is 2.12 bits per heavy atom. The van der Waals surface area contributed by atoms with Gasteiger partial charge in [0.15, 0.2) is 0 Å². The van der Waals surface area contributed by atoms with Crippen molar-refractivity contribution in [1.29, 1.82) is 0 Å². The van der Waals surface area contributed by atoms with E-state index in [1.54, 1.807) is 13.8 Å². The smallest absolute Gasteiger partial charge is 0.449 e. The maximum absolute atomic E-state index is 9.64. The van der Waals surface area contributed by atoms with Crippen LogP contribution in [0.2, 0.25) is 0 Å². The Bertz CT molecular complexity index is 109. The van der Waals surface area contributed by atoms with Crippen molar-refractivity contribution >= 4 is 6.09 Å². The number of hydrogen-bond donors (Lipinski definition) is 1. The topological polar surface area (TPSA) is 62.0 Å². The highest BCUT2D eigenvalue weighted by Crippen LogP contribution is 1.86. The summed E-state index contributed by atoms with van der Waals surface area (Å²) in [6.45, 7) is 3.51. The van der Waals surface area contributed by atoms with E-state index in [0.717, 1.165) is 0 Å². The first-order chi connectivity index (χ1) is 3.63. The van der Waals surface area contributed by atoms with E-state index in [-0.39, 0.29) is 6.04 Å². The van der Waals surface area contributed by atoms with Gasteiger partial charge in [-0.25, -0.2) is 4.79 Å². The maximum Gasteiger partial charge on any atom is 0.449 e. The van der Waals surface area contributed by atoms with E-state index in [0.29, 0.717) is 0 Å². The zero-order chi connectivity index (χ0) is 6.57. The molecule has 8 heavy (non-hydrogen) atoms. The van der Waals surface area contributed by atoms with Crippen molar-refractivity contribution in [3.8, 4) is 0 Å². The Labute approximate surface area is 47.2 Å². The molecule has 0 unspecified atom stereocenters. The Morgan fingerprint density at radius 3 is 2.25 bits per heavy atom. The van der Waals surface area contributed by atoms with Crippen LogP contribution in [0.15, 0.2) is 10.2 Å². The van der Waals surface area contributed by atoms with E-state index >= 15 is 0 Å². The average molecular weight is 116 g/mol. The highest BCUT2D eigenvalue weighted by atomic mass is 16.4. The number of carboxylic acid groups (broad SMARTS) is 1. The molecular formula is C4H8N2O2. The molecule has 0 atom stereocenters. The van der Waals surface area contributed by atoms with Gasteiger partial charge < -0.3 is 5.11 Å². The lowest BCUT2D eigenvalue weighted by Gasteiger charge is -1.87. The molecule has 0 aromatic carbocycles. The number of rotatable bonds is 1. The maximum atomic E-state index is 9.64. The first-order valence-electron chi connectivity index (χ1n) is 2.26. The molecule has 0 aromatic heterocycles. The van der Waals surface area contributed by atoms with Gasteiger partial charge >= 0.3 is 6.09 Å². The zero-order valence-electron chi connectivity index (χ0n) is 4.83. The van der Waals surface area contributed by atoms with Crippen molar-refractivity contribution in [1.82, 2.24) is 0 Å². The van der Waals surface area contributed by atoms with Gasteiger partial charge in [0.25, 0.3) is 0 Å². The minimum Gasteiger partial charge on any atom is -0.462 e.